The fourth-order valence-corrected chi connectivity index (χ4v) is 3.33. The maximum absolute atomic E-state index is 11.4. The molecule has 2 rings (SSSR count). The van der Waals surface area contributed by atoms with Crippen LogP contribution < -0.4 is 10.6 Å². The average Bonchev–Trinajstić information content (AvgIpc) is 2.90. The molecule has 1 heterocycles. The molecule has 0 aliphatic heterocycles. The molecule has 0 fully saturated rings. The Kier molecular flexibility index (Phi) is 4.73. The summed E-state index contributed by atoms with van der Waals surface area (Å²) in [7, 11) is 0. The molecule has 0 saturated heterocycles. The van der Waals surface area contributed by atoms with Crippen LogP contribution in [0.5, 0.6) is 0 Å². The standard InChI is InChI=1S/C13H17N3OS/c14-5-2-6-16-13(17)9-15-8-11-7-10-3-1-4-12(10)18-11/h7,15H,1-4,6,8-9H2,(H,16,17). The lowest BCUT2D eigenvalue weighted by atomic mass is 10.2. The minimum Gasteiger partial charge on any atom is -0.354 e. The zero-order valence-electron chi connectivity index (χ0n) is 10.3. The zero-order valence-corrected chi connectivity index (χ0v) is 11.1. The van der Waals surface area contributed by atoms with Crippen molar-refractivity contribution >= 4 is 17.2 Å². The first kappa shape index (κ1) is 13.1. The van der Waals surface area contributed by atoms with E-state index >= 15 is 0 Å². The predicted octanol–water partition coefficient (Wildman–Crippen LogP) is 1.36. The second-order valence-corrected chi connectivity index (χ2v) is 5.60. The van der Waals surface area contributed by atoms with Gasteiger partial charge in [-0.2, -0.15) is 5.26 Å². The Morgan fingerprint density at radius 2 is 2.39 bits per heavy atom. The SMILES string of the molecule is N#CCCNC(=O)CNCc1cc2c(s1)CCC2. The fraction of sp³-hybridized carbons (Fsp3) is 0.538. The van der Waals surface area contributed by atoms with Crippen LogP contribution in [0.25, 0.3) is 0 Å². The zero-order chi connectivity index (χ0) is 12.8. The van der Waals surface area contributed by atoms with E-state index < -0.39 is 0 Å². The lowest BCUT2D eigenvalue weighted by molar-refractivity contribution is -0.120. The van der Waals surface area contributed by atoms with Crippen LogP contribution >= 0.6 is 11.3 Å². The van der Waals surface area contributed by atoms with Crippen molar-refractivity contribution in [1.29, 1.82) is 5.26 Å². The van der Waals surface area contributed by atoms with E-state index in [1.807, 2.05) is 17.4 Å². The molecular formula is C13H17N3OS. The van der Waals surface area contributed by atoms with Gasteiger partial charge in [-0.15, -0.1) is 11.3 Å². The van der Waals surface area contributed by atoms with Crippen molar-refractivity contribution in [2.24, 2.45) is 0 Å². The number of nitrogens with one attached hydrogen (secondary N) is 2. The Balaban J connectivity index is 1.66. The van der Waals surface area contributed by atoms with Crippen LogP contribution in [0, 0.1) is 11.3 Å². The second kappa shape index (κ2) is 6.53. The molecule has 4 nitrogen and oxygen atoms in total. The first-order valence-corrected chi connectivity index (χ1v) is 7.06. The van der Waals surface area contributed by atoms with Crippen LogP contribution in [0.2, 0.25) is 0 Å². The van der Waals surface area contributed by atoms with Gasteiger partial charge in [0, 0.05) is 22.8 Å². The molecule has 5 heteroatoms. The van der Waals surface area contributed by atoms with Crippen molar-refractivity contribution in [3.05, 3.63) is 21.4 Å². The van der Waals surface area contributed by atoms with E-state index in [9.17, 15) is 4.79 Å². The maximum Gasteiger partial charge on any atom is 0.234 e. The molecule has 0 aromatic carbocycles. The number of fused-ring (bicyclic) bond motifs is 1. The van der Waals surface area contributed by atoms with Gasteiger partial charge in [-0.25, -0.2) is 0 Å². The molecule has 0 saturated carbocycles. The van der Waals surface area contributed by atoms with Gasteiger partial charge >= 0.3 is 0 Å². The van der Waals surface area contributed by atoms with Gasteiger partial charge in [0.1, 0.15) is 0 Å². The third-order valence-electron chi connectivity index (χ3n) is 2.94. The summed E-state index contributed by atoms with van der Waals surface area (Å²) in [6, 6.07) is 4.25. The lowest BCUT2D eigenvalue weighted by Gasteiger charge is -2.04. The average molecular weight is 263 g/mol. The van der Waals surface area contributed by atoms with Crippen LogP contribution in [-0.4, -0.2) is 19.0 Å². The van der Waals surface area contributed by atoms with E-state index in [4.69, 9.17) is 5.26 Å². The molecule has 1 amide bonds. The van der Waals surface area contributed by atoms with Gasteiger partial charge in [0.05, 0.1) is 19.0 Å². The largest absolute Gasteiger partial charge is 0.354 e. The molecule has 1 aromatic heterocycles. The van der Waals surface area contributed by atoms with Gasteiger partial charge in [-0.3, -0.25) is 4.79 Å². The molecule has 0 spiro atoms. The van der Waals surface area contributed by atoms with Gasteiger partial charge < -0.3 is 10.6 Å². The Hall–Kier alpha value is -1.38. The highest BCUT2D eigenvalue weighted by atomic mass is 32.1. The van der Waals surface area contributed by atoms with Crippen LogP contribution in [0.15, 0.2) is 6.07 Å². The number of carbonyl (C=O) groups excluding carboxylic acids is 1. The Labute approximate surface area is 111 Å². The predicted molar refractivity (Wildman–Crippen MR) is 71.3 cm³/mol. The van der Waals surface area contributed by atoms with Gasteiger partial charge in [-0.1, -0.05) is 0 Å². The van der Waals surface area contributed by atoms with Crippen LogP contribution in [0.4, 0.5) is 0 Å². The molecule has 1 aliphatic rings. The highest BCUT2D eigenvalue weighted by Crippen LogP contribution is 2.30. The summed E-state index contributed by atoms with van der Waals surface area (Å²) in [5, 5.41) is 14.2. The third-order valence-corrected chi connectivity index (χ3v) is 4.18. The van der Waals surface area contributed by atoms with Crippen molar-refractivity contribution in [2.45, 2.75) is 32.2 Å². The van der Waals surface area contributed by atoms with E-state index in [1.54, 1.807) is 0 Å². The Bertz CT molecular complexity index is 440. The fourth-order valence-electron chi connectivity index (χ4n) is 2.10. The van der Waals surface area contributed by atoms with E-state index in [0.29, 0.717) is 19.5 Å². The number of hydrogen-bond donors (Lipinski definition) is 2. The van der Waals surface area contributed by atoms with Crippen LogP contribution in [0.3, 0.4) is 0 Å². The van der Waals surface area contributed by atoms with Gasteiger partial charge in [0.15, 0.2) is 0 Å². The van der Waals surface area contributed by atoms with Crippen molar-refractivity contribution in [3.63, 3.8) is 0 Å². The van der Waals surface area contributed by atoms with Crippen LogP contribution in [0.1, 0.15) is 28.2 Å². The number of amides is 1. The maximum atomic E-state index is 11.4. The van der Waals surface area contributed by atoms with Crippen molar-refractivity contribution in [2.75, 3.05) is 13.1 Å². The molecule has 2 N–H and O–H groups in total. The summed E-state index contributed by atoms with van der Waals surface area (Å²) in [6.45, 7) is 1.50. The minimum atomic E-state index is -0.0469. The monoisotopic (exact) mass is 263 g/mol. The number of hydrogen-bond acceptors (Lipinski definition) is 4. The summed E-state index contributed by atoms with van der Waals surface area (Å²) in [6.07, 6.45) is 4.08. The quantitative estimate of drug-likeness (QED) is 0.762. The van der Waals surface area contributed by atoms with Crippen LogP contribution in [-0.2, 0) is 24.2 Å². The minimum absolute atomic E-state index is 0.0469. The first-order chi connectivity index (χ1) is 8.79. The summed E-state index contributed by atoms with van der Waals surface area (Å²) in [5.41, 5.74) is 1.50. The molecule has 1 aliphatic carbocycles. The first-order valence-electron chi connectivity index (χ1n) is 6.24. The number of rotatable bonds is 6. The van der Waals surface area contributed by atoms with Crippen molar-refractivity contribution in [1.82, 2.24) is 10.6 Å². The molecule has 0 bridgehead atoms. The number of nitrogens with zero attached hydrogens (tertiary/aromatic N) is 1. The summed E-state index contributed by atoms with van der Waals surface area (Å²) in [4.78, 5) is 14.2. The number of aryl methyl sites for hydroxylation is 2. The molecule has 18 heavy (non-hydrogen) atoms. The van der Waals surface area contributed by atoms with E-state index in [1.165, 1.54) is 34.6 Å². The molecule has 1 aromatic rings. The topological polar surface area (TPSA) is 64.9 Å². The molecule has 0 unspecified atom stereocenters. The smallest absolute Gasteiger partial charge is 0.234 e. The highest BCUT2D eigenvalue weighted by Gasteiger charge is 2.14. The Morgan fingerprint density at radius 3 is 3.17 bits per heavy atom. The highest BCUT2D eigenvalue weighted by molar-refractivity contribution is 7.12. The number of nitriles is 1. The third kappa shape index (κ3) is 3.56. The lowest BCUT2D eigenvalue weighted by Crippen LogP contribution is -2.33. The molecule has 0 radical (unpaired) electrons. The van der Waals surface area contributed by atoms with Crippen molar-refractivity contribution in [3.8, 4) is 6.07 Å². The van der Waals surface area contributed by atoms with Gasteiger partial charge in [0.2, 0.25) is 5.91 Å². The Morgan fingerprint density at radius 1 is 1.50 bits per heavy atom. The molecule has 0 atom stereocenters. The van der Waals surface area contributed by atoms with E-state index in [0.717, 1.165) is 6.54 Å². The number of thiophene rings is 1. The number of carbonyl (C=O) groups is 1. The van der Waals surface area contributed by atoms with Gasteiger partial charge in [-0.05, 0) is 30.9 Å². The second-order valence-electron chi connectivity index (χ2n) is 4.38. The summed E-state index contributed by atoms with van der Waals surface area (Å²) >= 11 is 1.86. The molecule has 96 valence electrons. The van der Waals surface area contributed by atoms with Crippen molar-refractivity contribution < 1.29 is 4.79 Å². The van der Waals surface area contributed by atoms with E-state index in [-0.39, 0.29) is 5.91 Å². The summed E-state index contributed by atoms with van der Waals surface area (Å²) in [5.74, 6) is -0.0469. The summed E-state index contributed by atoms with van der Waals surface area (Å²) < 4.78 is 0. The van der Waals surface area contributed by atoms with Gasteiger partial charge in [0.25, 0.3) is 0 Å². The normalized spacial score (nSPS) is 13.1. The molecular weight excluding hydrogens is 246 g/mol. The van der Waals surface area contributed by atoms with E-state index in [2.05, 4.69) is 16.7 Å².